The monoisotopic (exact) mass is 971 g/mol. The van der Waals surface area contributed by atoms with Crippen molar-refractivity contribution in [3.8, 4) is 17.2 Å². The van der Waals surface area contributed by atoms with E-state index in [2.05, 4.69) is 53.5 Å². The Labute approximate surface area is 402 Å². The van der Waals surface area contributed by atoms with Gasteiger partial charge in [-0.25, -0.2) is 31.6 Å². The Morgan fingerprint density at radius 2 is 1.67 bits per heavy atom. The molecule has 2 aliphatic heterocycles. The number of hydrogen-bond acceptors (Lipinski definition) is 9. The molecule has 3 aromatic carbocycles. The average molecular weight is 972 g/mol. The highest BCUT2D eigenvalue weighted by molar-refractivity contribution is 7.94. The smallest absolute Gasteiger partial charge is 0.376 e. The molecular formula is C52H55F2N9O6S. The Hall–Kier alpha value is -6.40. The molecule has 15 nitrogen and oxygen atoms in total. The molecule has 1 N–H and O–H groups in total. The van der Waals surface area contributed by atoms with Crippen LogP contribution in [-0.2, 0) is 26.4 Å². The number of benzene rings is 3. The van der Waals surface area contributed by atoms with Gasteiger partial charge in [0.05, 0.1) is 49.4 Å². The predicted molar refractivity (Wildman–Crippen MR) is 258 cm³/mol. The van der Waals surface area contributed by atoms with Gasteiger partial charge in [0.15, 0.2) is 5.82 Å². The number of carbonyl (C=O) groups is 1. The van der Waals surface area contributed by atoms with E-state index in [4.69, 9.17) is 14.4 Å². The minimum atomic E-state index is -2.81. The van der Waals surface area contributed by atoms with E-state index in [1.54, 1.807) is 47.8 Å². The van der Waals surface area contributed by atoms with Crippen molar-refractivity contribution in [3.63, 3.8) is 0 Å². The lowest BCUT2D eigenvalue weighted by Gasteiger charge is -2.35. The molecule has 5 aliphatic rings. The van der Waals surface area contributed by atoms with Crippen LogP contribution in [0.2, 0.25) is 0 Å². The van der Waals surface area contributed by atoms with Crippen molar-refractivity contribution in [3.05, 3.63) is 139 Å². The standard InChI is InChI=1S/C52H55F2N9O6S/c1-28-21-36(22-29(2)45(28)54)63-46(61-19-18-60(50(61)66)42-14-12-38(25-39(42)53)70(67,37-10-11-37)58-35-8-9-35)44-31(4)59(17-15-40(44)56-63)47(64)43-24-34-23-32(33-16-20-68-51(5,6)27-33)7-13-41(34)62(43)52(26-30(52)3)48-55-49(65)69-57-48/h7,12-14,18-19,21-25,30-31,33,35,37H,8-11,15-17,20,26-27H2,1-6H3,(H,55,57,65)/t30-,31-,33-,52-,70?/m0/s1. The van der Waals surface area contributed by atoms with Gasteiger partial charge in [-0.2, -0.15) is 5.10 Å². The summed E-state index contributed by atoms with van der Waals surface area (Å²) in [5.41, 5.74) is 3.11. The van der Waals surface area contributed by atoms with Crippen molar-refractivity contribution < 1.29 is 27.0 Å². The van der Waals surface area contributed by atoms with E-state index < -0.39 is 38.6 Å². The number of rotatable bonds is 10. The molecule has 1 amide bonds. The summed E-state index contributed by atoms with van der Waals surface area (Å²) in [4.78, 5) is 47.8. The highest BCUT2D eigenvalue weighted by Crippen LogP contribution is 2.56. The zero-order valence-electron chi connectivity index (χ0n) is 40.0. The number of nitrogens with one attached hydrogen (secondary N) is 1. The topological polar surface area (TPSA) is 168 Å². The lowest BCUT2D eigenvalue weighted by molar-refractivity contribution is -0.0592. The Morgan fingerprint density at radius 3 is 2.33 bits per heavy atom. The van der Waals surface area contributed by atoms with E-state index in [0.717, 1.165) is 55.0 Å². The first-order valence-corrected chi connectivity index (χ1v) is 25.9. The molecule has 4 fully saturated rings. The van der Waals surface area contributed by atoms with Gasteiger partial charge in [-0.15, -0.1) is 0 Å². The van der Waals surface area contributed by atoms with Crippen LogP contribution in [-0.4, -0.2) is 78.7 Å². The first-order chi connectivity index (χ1) is 33.5. The third-order valence-electron chi connectivity index (χ3n) is 15.5. The molecule has 4 aromatic heterocycles. The largest absolute Gasteiger partial charge is 0.438 e. The van der Waals surface area contributed by atoms with Crippen molar-refractivity contribution in [1.82, 2.24) is 38.5 Å². The van der Waals surface area contributed by atoms with Crippen LogP contribution in [0.4, 0.5) is 8.78 Å². The minimum absolute atomic E-state index is 0.0128. The third kappa shape index (κ3) is 7.09. The van der Waals surface area contributed by atoms with Crippen LogP contribution in [0.3, 0.4) is 0 Å². The van der Waals surface area contributed by atoms with E-state index in [1.165, 1.54) is 27.5 Å². The second-order valence-electron chi connectivity index (χ2n) is 20.9. The van der Waals surface area contributed by atoms with Gasteiger partial charge in [0.25, 0.3) is 5.91 Å². The van der Waals surface area contributed by atoms with Gasteiger partial charge in [0, 0.05) is 53.7 Å². The fourth-order valence-corrected chi connectivity index (χ4v) is 14.1. The van der Waals surface area contributed by atoms with Gasteiger partial charge >= 0.3 is 11.4 Å². The number of aromatic nitrogens is 7. The molecule has 5 atom stereocenters. The van der Waals surface area contributed by atoms with Crippen LogP contribution in [0.5, 0.6) is 0 Å². The van der Waals surface area contributed by atoms with Crippen LogP contribution in [0, 0.1) is 31.4 Å². The van der Waals surface area contributed by atoms with Gasteiger partial charge in [-0.3, -0.25) is 23.4 Å². The Bertz CT molecular complexity index is 3560. The Balaban J connectivity index is 0.976. The molecule has 3 saturated carbocycles. The summed E-state index contributed by atoms with van der Waals surface area (Å²) >= 11 is 0. The average Bonchev–Trinajstić information content (AvgIpc) is 4.29. The van der Waals surface area contributed by atoms with Crippen LogP contribution in [0.15, 0.2) is 90.4 Å². The number of nitrogens with zero attached hydrogens (tertiary/aromatic N) is 8. The molecule has 1 saturated heterocycles. The number of imidazole rings is 1. The van der Waals surface area contributed by atoms with Gasteiger partial charge in [0.1, 0.15) is 28.7 Å². The van der Waals surface area contributed by atoms with E-state index in [0.29, 0.717) is 69.8 Å². The molecule has 12 rings (SSSR count). The summed E-state index contributed by atoms with van der Waals surface area (Å²) in [5.74, 6) is -1.12. The van der Waals surface area contributed by atoms with Gasteiger partial charge in [-0.1, -0.05) is 18.1 Å². The molecule has 0 bridgehead atoms. The fraction of sp³-hybridized carbons (Fsp3) is 0.442. The predicted octanol–water partition coefficient (Wildman–Crippen LogP) is 8.71. The van der Waals surface area contributed by atoms with Crippen LogP contribution in [0.1, 0.15) is 129 Å². The van der Waals surface area contributed by atoms with E-state index >= 15 is 13.6 Å². The number of ether oxygens (including phenoxy) is 1. The summed E-state index contributed by atoms with van der Waals surface area (Å²) in [6.45, 7) is 12.4. The molecule has 6 heterocycles. The van der Waals surface area contributed by atoms with Crippen LogP contribution < -0.4 is 11.4 Å². The van der Waals surface area contributed by atoms with Crippen molar-refractivity contribution in [1.29, 1.82) is 0 Å². The highest BCUT2D eigenvalue weighted by atomic mass is 32.2. The molecule has 70 heavy (non-hydrogen) atoms. The van der Waals surface area contributed by atoms with Crippen molar-refractivity contribution in [2.24, 2.45) is 10.3 Å². The molecule has 1 unspecified atom stereocenters. The quantitative estimate of drug-likeness (QED) is 0.142. The molecule has 18 heteroatoms. The number of hydrogen-bond donors (Lipinski definition) is 1. The zero-order chi connectivity index (χ0) is 48.8. The zero-order valence-corrected chi connectivity index (χ0v) is 40.8. The van der Waals surface area contributed by atoms with E-state index in [-0.39, 0.29) is 52.7 Å². The summed E-state index contributed by atoms with van der Waals surface area (Å²) in [7, 11) is -2.81. The highest BCUT2D eigenvalue weighted by Gasteiger charge is 2.59. The molecular weight excluding hydrogens is 917 g/mol. The maximum absolute atomic E-state index is 16.4. The summed E-state index contributed by atoms with van der Waals surface area (Å²) in [6.07, 6.45) is 8.97. The maximum Gasteiger partial charge on any atom is 0.438 e. The number of H-pyrrole nitrogens is 1. The number of amides is 1. The number of halogens is 2. The maximum atomic E-state index is 16.4. The molecule has 364 valence electrons. The van der Waals surface area contributed by atoms with Gasteiger partial charge in [0.2, 0.25) is 0 Å². The summed E-state index contributed by atoms with van der Waals surface area (Å²) < 4.78 is 67.8. The molecule has 0 radical (unpaired) electrons. The van der Waals surface area contributed by atoms with Crippen molar-refractivity contribution in [2.75, 3.05) is 13.2 Å². The second kappa shape index (κ2) is 15.8. The number of aryl methyl sites for hydroxylation is 2. The molecule has 0 spiro atoms. The lowest BCUT2D eigenvalue weighted by Crippen LogP contribution is -2.41. The van der Waals surface area contributed by atoms with E-state index in [9.17, 15) is 13.8 Å². The van der Waals surface area contributed by atoms with Gasteiger partial charge in [-0.05, 0) is 157 Å². The minimum Gasteiger partial charge on any atom is -0.376 e. The summed E-state index contributed by atoms with van der Waals surface area (Å²) in [5, 5.41) is 10.0. The Kier molecular flexibility index (Phi) is 10.1. The normalized spacial score (nSPS) is 23.9. The van der Waals surface area contributed by atoms with Crippen LogP contribution >= 0.6 is 0 Å². The number of carbonyl (C=O) groups excluding carboxylic acids is 1. The van der Waals surface area contributed by atoms with Crippen molar-refractivity contribution in [2.45, 2.75) is 132 Å². The van der Waals surface area contributed by atoms with Crippen molar-refractivity contribution >= 4 is 26.5 Å². The van der Waals surface area contributed by atoms with E-state index in [1.807, 2.05) is 17.6 Å². The second-order valence-corrected chi connectivity index (χ2v) is 23.4. The third-order valence-corrected chi connectivity index (χ3v) is 18.4. The fourth-order valence-electron chi connectivity index (χ4n) is 11.4. The molecule has 7 aromatic rings. The first-order valence-electron chi connectivity index (χ1n) is 24.4. The first kappa shape index (κ1) is 44.8. The number of aromatic amines is 1. The molecule has 3 aliphatic carbocycles. The number of fused-ring (bicyclic) bond motifs is 2. The van der Waals surface area contributed by atoms with Gasteiger partial charge < -0.3 is 14.2 Å². The summed E-state index contributed by atoms with van der Waals surface area (Å²) in [6, 6.07) is 15.3. The van der Waals surface area contributed by atoms with Crippen LogP contribution in [0.25, 0.3) is 28.1 Å². The Morgan fingerprint density at radius 1 is 0.929 bits per heavy atom. The SMILES string of the molecule is Cc1cc(-n2nc3c(c2-n2ccn(-c4ccc(S(=O)(=NC5CC5)C5CC5)cc4F)c2=O)[C@H](C)N(C(=O)c2cc4cc([C@H]5CCOC(C)(C)C5)ccc4n2[C@@]2(c4noc(=O)[nH]4)C[C@@H]2C)CC3)cc(C)c1F. The lowest BCUT2D eigenvalue weighted by atomic mass is 9.83.